The highest BCUT2D eigenvalue weighted by Gasteiger charge is 2.31. The van der Waals surface area contributed by atoms with Crippen molar-refractivity contribution in [3.63, 3.8) is 0 Å². The van der Waals surface area contributed by atoms with Gasteiger partial charge in [-0.25, -0.2) is 4.39 Å². The van der Waals surface area contributed by atoms with E-state index in [0.717, 1.165) is 11.0 Å². The van der Waals surface area contributed by atoms with Crippen LogP contribution in [0.2, 0.25) is 0 Å². The molecule has 0 bridgehead atoms. The maximum absolute atomic E-state index is 13.4. The Balaban J connectivity index is 2.19. The summed E-state index contributed by atoms with van der Waals surface area (Å²) in [5, 5.41) is 13.2. The Labute approximate surface area is 96.6 Å². The van der Waals surface area contributed by atoms with Gasteiger partial charge in [-0.3, -0.25) is 0 Å². The first kappa shape index (κ1) is 11.0. The van der Waals surface area contributed by atoms with Crippen LogP contribution in [0.5, 0.6) is 0 Å². The molecular weight excluding hydrogens is 261 g/mol. The maximum Gasteiger partial charge on any atom is 0.126 e. The molecule has 0 aromatic heterocycles. The Morgan fingerprint density at radius 2 is 2.33 bits per heavy atom. The lowest BCUT2D eigenvalue weighted by molar-refractivity contribution is 0.0610. The largest absolute Gasteiger partial charge is 0.388 e. The second-order valence-electron chi connectivity index (χ2n) is 4.06. The van der Waals surface area contributed by atoms with Crippen LogP contribution in [0.1, 0.15) is 12.0 Å². The normalized spacial score (nSPS) is 25.8. The highest BCUT2D eigenvalue weighted by atomic mass is 79.9. The second kappa shape index (κ2) is 4.20. The molecule has 1 saturated heterocycles. The van der Waals surface area contributed by atoms with Gasteiger partial charge in [-0.15, -0.1) is 0 Å². The van der Waals surface area contributed by atoms with E-state index in [1.54, 1.807) is 12.1 Å². The molecule has 1 aromatic rings. The van der Waals surface area contributed by atoms with Crippen molar-refractivity contribution in [2.45, 2.75) is 18.4 Å². The molecule has 0 radical (unpaired) electrons. The third kappa shape index (κ3) is 2.56. The van der Waals surface area contributed by atoms with E-state index in [0.29, 0.717) is 24.9 Å². The molecule has 1 atom stereocenters. The molecule has 2 N–H and O–H groups in total. The molecule has 0 amide bonds. The number of aliphatic hydroxyl groups is 1. The summed E-state index contributed by atoms with van der Waals surface area (Å²) in [4.78, 5) is 0. The molecule has 0 aliphatic carbocycles. The molecule has 2 rings (SSSR count). The molecule has 1 aliphatic rings. The van der Waals surface area contributed by atoms with Crippen LogP contribution >= 0.6 is 15.9 Å². The van der Waals surface area contributed by atoms with Gasteiger partial charge in [0, 0.05) is 17.4 Å². The monoisotopic (exact) mass is 273 g/mol. The van der Waals surface area contributed by atoms with Crippen LogP contribution in [0.3, 0.4) is 0 Å². The lowest BCUT2D eigenvalue weighted by atomic mass is 9.93. The Morgan fingerprint density at radius 1 is 1.53 bits per heavy atom. The molecule has 1 aliphatic heterocycles. The number of β-amino-alcohol motifs (C(OH)–C–C–N with tert-alkyl or cyclic N) is 1. The molecule has 1 fully saturated rings. The van der Waals surface area contributed by atoms with E-state index in [4.69, 9.17) is 0 Å². The highest BCUT2D eigenvalue weighted by molar-refractivity contribution is 9.10. The van der Waals surface area contributed by atoms with Gasteiger partial charge in [-0.2, -0.15) is 0 Å². The Morgan fingerprint density at radius 3 is 3.00 bits per heavy atom. The van der Waals surface area contributed by atoms with Gasteiger partial charge >= 0.3 is 0 Å². The van der Waals surface area contributed by atoms with Crippen LogP contribution in [-0.4, -0.2) is 23.8 Å². The first-order valence-corrected chi connectivity index (χ1v) is 5.75. The molecule has 1 heterocycles. The summed E-state index contributed by atoms with van der Waals surface area (Å²) in [7, 11) is 0. The fourth-order valence-corrected chi connectivity index (χ4v) is 2.32. The number of hydrogen-bond donors (Lipinski definition) is 2. The SMILES string of the molecule is OC1(Cc2cc(Br)ccc2F)CCNC1. The molecule has 0 saturated carbocycles. The van der Waals surface area contributed by atoms with E-state index in [-0.39, 0.29) is 5.82 Å². The molecule has 1 aromatic carbocycles. The van der Waals surface area contributed by atoms with Crippen molar-refractivity contribution in [1.82, 2.24) is 5.32 Å². The van der Waals surface area contributed by atoms with Crippen LogP contribution in [-0.2, 0) is 6.42 Å². The zero-order valence-corrected chi connectivity index (χ0v) is 9.85. The van der Waals surface area contributed by atoms with Crippen molar-refractivity contribution in [3.8, 4) is 0 Å². The highest BCUT2D eigenvalue weighted by Crippen LogP contribution is 2.24. The fraction of sp³-hybridized carbons (Fsp3) is 0.455. The van der Waals surface area contributed by atoms with Crippen molar-refractivity contribution in [2.24, 2.45) is 0 Å². The number of halogens is 2. The molecular formula is C11H13BrFNO. The smallest absolute Gasteiger partial charge is 0.126 e. The van der Waals surface area contributed by atoms with Gasteiger partial charge in [-0.1, -0.05) is 15.9 Å². The minimum Gasteiger partial charge on any atom is -0.388 e. The third-order valence-corrected chi connectivity index (χ3v) is 3.24. The van der Waals surface area contributed by atoms with Crippen LogP contribution in [0.15, 0.2) is 22.7 Å². The molecule has 1 unspecified atom stereocenters. The zero-order chi connectivity index (χ0) is 10.9. The van der Waals surface area contributed by atoms with Crippen molar-refractivity contribution in [3.05, 3.63) is 34.1 Å². The second-order valence-corrected chi connectivity index (χ2v) is 4.98. The first-order valence-electron chi connectivity index (χ1n) is 4.96. The minimum absolute atomic E-state index is 0.251. The molecule has 82 valence electrons. The summed E-state index contributed by atoms with van der Waals surface area (Å²) in [6.07, 6.45) is 1.05. The quantitative estimate of drug-likeness (QED) is 0.862. The zero-order valence-electron chi connectivity index (χ0n) is 8.26. The Bertz CT molecular complexity index is 364. The van der Waals surface area contributed by atoms with E-state index in [1.807, 2.05) is 0 Å². The van der Waals surface area contributed by atoms with Gasteiger partial charge in [-0.05, 0) is 36.7 Å². The van der Waals surface area contributed by atoms with Crippen molar-refractivity contribution in [2.75, 3.05) is 13.1 Å². The van der Waals surface area contributed by atoms with Gasteiger partial charge < -0.3 is 10.4 Å². The summed E-state index contributed by atoms with van der Waals surface area (Å²) < 4.78 is 14.3. The number of nitrogens with one attached hydrogen (secondary N) is 1. The third-order valence-electron chi connectivity index (χ3n) is 2.75. The number of hydrogen-bond acceptors (Lipinski definition) is 2. The lowest BCUT2D eigenvalue weighted by Crippen LogP contribution is -2.34. The van der Waals surface area contributed by atoms with Gasteiger partial charge in [0.1, 0.15) is 5.82 Å². The van der Waals surface area contributed by atoms with Gasteiger partial charge in [0.2, 0.25) is 0 Å². The van der Waals surface area contributed by atoms with Crippen LogP contribution in [0.25, 0.3) is 0 Å². The van der Waals surface area contributed by atoms with E-state index in [2.05, 4.69) is 21.2 Å². The number of rotatable bonds is 2. The van der Waals surface area contributed by atoms with Gasteiger partial charge in [0.25, 0.3) is 0 Å². The Hall–Kier alpha value is -0.450. The van der Waals surface area contributed by atoms with Crippen molar-refractivity contribution < 1.29 is 9.50 Å². The van der Waals surface area contributed by atoms with E-state index < -0.39 is 5.60 Å². The van der Waals surface area contributed by atoms with Crippen molar-refractivity contribution in [1.29, 1.82) is 0 Å². The molecule has 15 heavy (non-hydrogen) atoms. The fourth-order valence-electron chi connectivity index (χ4n) is 1.91. The predicted molar refractivity (Wildman–Crippen MR) is 60.2 cm³/mol. The standard InChI is InChI=1S/C11H13BrFNO/c12-9-1-2-10(13)8(5-9)6-11(15)3-4-14-7-11/h1-2,5,14-15H,3-4,6-7H2. The van der Waals surface area contributed by atoms with E-state index in [1.165, 1.54) is 6.07 Å². The van der Waals surface area contributed by atoms with Crippen LogP contribution in [0.4, 0.5) is 4.39 Å². The molecule has 0 spiro atoms. The summed E-state index contributed by atoms with van der Waals surface area (Å²) in [6, 6.07) is 4.81. The maximum atomic E-state index is 13.4. The number of benzene rings is 1. The van der Waals surface area contributed by atoms with Gasteiger partial charge in [0.15, 0.2) is 0 Å². The topological polar surface area (TPSA) is 32.3 Å². The average molecular weight is 274 g/mol. The minimum atomic E-state index is -0.790. The molecule has 4 heteroatoms. The first-order chi connectivity index (χ1) is 7.09. The van der Waals surface area contributed by atoms with E-state index in [9.17, 15) is 9.50 Å². The lowest BCUT2D eigenvalue weighted by Gasteiger charge is -2.21. The average Bonchev–Trinajstić information content (AvgIpc) is 2.59. The van der Waals surface area contributed by atoms with Crippen molar-refractivity contribution >= 4 is 15.9 Å². The summed E-state index contributed by atoms with van der Waals surface area (Å²) in [6.45, 7) is 1.34. The molecule has 2 nitrogen and oxygen atoms in total. The van der Waals surface area contributed by atoms with Crippen LogP contribution < -0.4 is 5.32 Å². The van der Waals surface area contributed by atoms with Crippen LogP contribution in [0, 0.1) is 5.82 Å². The summed E-state index contributed by atoms with van der Waals surface area (Å²) in [5.74, 6) is -0.251. The predicted octanol–water partition coefficient (Wildman–Crippen LogP) is 1.86. The summed E-state index contributed by atoms with van der Waals surface area (Å²) in [5.41, 5.74) is -0.225. The summed E-state index contributed by atoms with van der Waals surface area (Å²) >= 11 is 3.30. The Kier molecular flexibility index (Phi) is 3.09. The van der Waals surface area contributed by atoms with Gasteiger partial charge in [0.05, 0.1) is 5.60 Å². The van der Waals surface area contributed by atoms with E-state index >= 15 is 0 Å².